The Balaban J connectivity index is 1.69. The summed E-state index contributed by atoms with van der Waals surface area (Å²) in [5.74, 6) is -0.268. The van der Waals surface area contributed by atoms with Crippen molar-refractivity contribution >= 4 is 35.1 Å². The molecule has 1 aliphatic carbocycles. The highest BCUT2D eigenvalue weighted by molar-refractivity contribution is 6.32. The third-order valence-corrected chi connectivity index (χ3v) is 5.17. The molecule has 1 spiro atoms. The van der Waals surface area contributed by atoms with Crippen LogP contribution in [0.5, 0.6) is 0 Å². The summed E-state index contributed by atoms with van der Waals surface area (Å²) in [7, 11) is 0. The summed E-state index contributed by atoms with van der Waals surface area (Å²) in [5, 5.41) is 3.51. The Hall–Kier alpha value is -2.11. The molecule has 3 amide bonds. The number of carbonyl (C=O) groups is 2. The number of amides is 3. The topological polar surface area (TPSA) is 62.3 Å². The second kappa shape index (κ2) is 5.46. The molecule has 2 aromatic rings. The van der Waals surface area contributed by atoms with Crippen molar-refractivity contribution in [1.82, 2.24) is 15.2 Å². The summed E-state index contributed by atoms with van der Waals surface area (Å²) in [4.78, 5) is 30.8. The van der Waals surface area contributed by atoms with Crippen LogP contribution in [0.15, 0.2) is 36.4 Å². The van der Waals surface area contributed by atoms with Gasteiger partial charge >= 0.3 is 6.03 Å². The van der Waals surface area contributed by atoms with Gasteiger partial charge in [0.15, 0.2) is 0 Å². The van der Waals surface area contributed by atoms with Crippen LogP contribution in [-0.2, 0) is 23.3 Å². The Labute approximate surface area is 148 Å². The van der Waals surface area contributed by atoms with Crippen molar-refractivity contribution in [1.29, 1.82) is 0 Å². The van der Waals surface area contributed by atoms with E-state index in [4.69, 9.17) is 23.2 Å². The number of fused-ring (bicyclic) bond motifs is 2. The van der Waals surface area contributed by atoms with Crippen LogP contribution in [0.3, 0.4) is 0 Å². The average molecular weight is 362 g/mol. The molecule has 0 saturated carbocycles. The van der Waals surface area contributed by atoms with Crippen molar-refractivity contribution in [3.8, 4) is 0 Å². The van der Waals surface area contributed by atoms with Crippen molar-refractivity contribution in [2.75, 3.05) is 0 Å². The lowest BCUT2D eigenvalue weighted by atomic mass is 9.92. The van der Waals surface area contributed by atoms with Gasteiger partial charge in [0.2, 0.25) is 0 Å². The lowest BCUT2D eigenvalue weighted by molar-refractivity contribution is -0.132. The third kappa shape index (κ3) is 2.19. The van der Waals surface area contributed by atoms with Gasteiger partial charge in [0, 0.05) is 0 Å². The minimum Gasteiger partial charge on any atom is -0.319 e. The zero-order valence-electron chi connectivity index (χ0n) is 12.6. The van der Waals surface area contributed by atoms with Crippen LogP contribution in [0.4, 0.5) is 4.79 Å². The number of aryl methyl sites for hydroxylation is 1. The van der Waals surface area contributed by atoms with Gasteiger partial charge in [0.05, 0.1) is 17.3 Å². The number of hydrogen-bond donors (Lipinski definition) is 1. The van der Waals surface area contributed by atoms with E-state index < -0.39 is 11.6 Å². The Morgan fingerprint density at radius 2 is 1.96 bits per heavy atom. The van der Waals surface area contributed by atoms with E-state index in [0.29, 0.717) is 17.1 Å². The van der Waals surface area contributed by atoms with Crippen LogP contribution in [0.25, 0.3) is 0 Å². The first-order valence-electron chi connectivity index (χ1n) is 7.55. The number of carbonyl (C=O) groups excluding carboxylic acids is 2. The molecular weight excluding hydrogens is 349 g/mol. The van der Waals surface area contributed by atoms with Gasteiger partial charge in [0.25, 0.3) is 5.91 Å². The monoisotopic (exact) mass is 361 g/mol. The molecule has 0 bridgehead atoms. The molecule has 1 aliphatic heterocycles. The molecule has 1 N–H and O–H groups in total. The summed E-state index contributed by atoms with van der Waals surface area (Å²) >= 11 is 12.0. The molecule has 7 heteroatoms. The molecule has 1 unspecified atom stereocenters. The highest BCUT2D eigenvalue weighted by Gasteiger charge is 2.55. The van der Waals surface area contributed by atoms with Crippen LogP contribution >= 0.6 is 23.2 Å². The molecular formula is C17H13Cl2N3O2. The van der Waals surface area contributed by atoms with E-state index in [1.165, 1.54) is 0 Å². The number of nitrogens with one attached hydrogen (secondary N) is 1. The number of aromatic nitrogens is 1. The van der Waals surface area contributed by atoms with E-state index in [2.05, 4.69) is 10.3 Å². The van der Waals surface area contributed by atoms with E-state index in [-0.39, 0.29) is 17.6 Å². The SMILES string of the molecule is O=C1NC2(CCc3ccccc32)C(=O)N1Cc1nc(Cl)ccc1Cl. The minimum atomic E-state index is -0.973. The zero-order chi connectivity index (χ0) is 16.9. The molecule has 1 aromatic carbocycles. The van der Waals surface area contributed by atoms with Crippen molar-refractivity contribution in [2.24, 2.45) is 0 Å². The Morgan fingerprint density at radius 1 is 1.17 bits per heavy atom. The predicted molar refractivity (Wildman–Crippen MR) is 89.8 cm³/mol. The summed E-state index contributed by atoms with van der Waals surface area (Å²) in [6.07, 6.45) is 1.32. The number of benzene rings is 1. The van der Waals surface area contributed by atoms with Crippen LogP contribution in [0.1, 0.15) is 23.2 Å². The number of nitrogens with zero attached hydrogens (tertiary/aromatic N) is 2. The van der Waals surface area contributed by atoms with E-state index in [1.807, 2.05) is 24.3 Å². The fourth-order valence-corrected chi connectivity index (χ4v) is 3.78. The zero-order valence-corrected chi connectivity index (χ0v) is 14.1. The summed E-state index contributed by atoms with van der Waals surface area (Å²) in [5.41, 5.74) is 1.39. The first-order valence-corrected chi connectivity index (χ1v) is 8.30. The number of halogens is 2. The van der Waals surface area contributed by atoms with Gasteiger partial charge in [0.1, 0.15) is 10.7 Å². The van der Waals surface area contributed by atoms with Gasteiger partial charge in [-0.15, -0.1) is 0 Å². The lowest BCUT2D eigenvalue weighted by Crippen LogP contribution is -2.41. The second-order valence-corrected chi connectivity index (χ2v) is 6.74. The maximum Gasteiger partial charge on any atom is 0.325 e. The summed E-state index contributed by atoms with van der Waals surface area (Å²) in [6, 6.07) is 10.4. The van der Waals surface area contributed by atoms with Gasteiger partial charge in [-0.25, -0.2) is 9.78 Å². The first kappa shape index (κ1) is 15.4. The maximum atomic E-state index is 13.0. The molecule has 122 valence electrons. The smallest absolute Gasteiger partial charge is 0.319 e. The van der Waals surface area contributed by atoms with Crippen molar-refractivity contribution < 1.29 is 9.59 Å². The van der Waals surface area contributed by atoms with E-state index in [0.717, 1.165) is 22.4 Å². The number of urea groups is 1. The molecule has 2 aliphatic rings. The number of pyridine rings is 1. The van der Waals surface area contributed by atoms with Gasteiger partial charge in [-0.3, -0.25) is 9.69 Å². The summed E-state index contributed by atoms with van der Waals surface area (Å²) in [6.45, 7) is -0.00598. The van der Waals surface area contributed by atoms with Crippen LogP contribution in [-0.4, -0.2) is 21.8 Å². The molecule has 5 nitrogen and oxygen atoms in total. The van der Waals surface area contributed by atoms with Gasteiger partial charge in [-0.1, -0.05) is 47.5 Å². The standard InChI is InChI=1S/C17H13Cl2N3O2/c18-12-5-6-14(19)20-13(12)9-22-15(23)17(21-16(22)24)8-7-10-3-1-2-4-11(10)17/h1-6H,7-9H2,(H,21,24). The number of hydrogen-bond acceptors (Lipinski definition) is 3. The van der Waals surface area contributed by atoms with Crippen LogP contribution in [0.2, 0.25) is 10.2 Å². The van der Waals surface area contributed by atoms with Crippen molar-refractivity contribution in [3.05, 3.63) is 63.4 Å². The number of imide groups is 1. The van der Waals surface area contributed by atoms with Crippen LogP contribution < -0.4 is 5.32 Å². The van der Waals surface area contributed by atoms with E-state index in [1.54, 1.807) is 12.1 Å². The van der Waals surface area contributed by atoms with Crippen molar-refractivity contribution in [3.63, 3.8) is 0 Å². The fourth-order valence-electron chi connectivity index (χ4n) is 3.45. The molecule has 1 saturated heterocycles. The average Bonchev–Trinajstić information content (AvgIpc) is 3.05. The van der Waals surface area contributed by atoms with E-state index in [9.17, 15) is 9.59 Å². The van der Waals surface area contributed by atoms with Gasteiger partial charge in [-0.2, -0.15) is 0 Å². The highest BCUT2D eigenvalue weighted by atomic mass is 35.5. The molecule has 1 aromatic heterocycles. The third-order valence-electron chi connectivity index (χ3n) is 4.61. The largest absolute Gasteiger partial charge is 0.325 e. The normalized spacial score (nSPS) is 22.2. The Morgan fingerprint density at radius 3 is 2.79 bits per heavy atom. The van der Waals surface area contributed by atoms with E-state index >= 15 is 0 Å². The Kier molecular flexibility index (Phi) is 3.51. The molecule has 1 fully saturated rings. The maximum absolute atomic E-state index is 13.0. The van der Waals surface area contributed by atoms with Crippen molar-refractivity contribution in [2.45, 2.75) is 24.9 Å². The molecule has 1 atom stereocenters. The van der Waals surface area contributed by atoms with Gasteiger partial charge in [-0.05, 0) is 36.1 Å². The molecule has 4 rings (SSSR count). The molecule has 2 heterocycles. The van der Waals surface area contributed by atoms with Crippen LogP contribution in [0, 0.1) is 0 Å². The molecule has 0 radical (unpaired) electrons. The lowest BCUT2D eigenvalue weighted by Gasteiger charge is -2.22. The quantitative estimate of drug-likeness (QED) is 0.659. The predicted octanol–water partition coefficient (Wildman–Crippen LogP) is 3.28. The fraction of sp³-hybridized carbons (Fsp3) is 0.235. The highest BCUT2D eigenvalue weighted by Crippen LogP contribution is 2.41. The second-order valence-electron chi connectivity index (χ2n) is 5.95. The number of rotatable bonds is 2. The minimum absolute atomic E-state index is 0.00598. The molecule has 24 heavy (non-hydrogen) atoms. The Bertz CT molecular complexity index is 871. The first-order chi connectivity index (χ1) is 11.5. The summed E-state index contributed by atoms with van der Waals surface area (Å²) < 4.78 is 0. The van der Waals surface area contributed by atoms with Gasteiger partial charge < -0.3 is 5.32 Å².